The van der Waals surface area contributed by atoms with Gasteiger partial charge in [-0.15, -0.1) is 0 Å². The summed E-state index contributed by atoms with van der Waals surface area (Å²) in [5, 5.41) is 12.1. The fourth-order valence-corrected chi connectivity index (χ4v) is 2.91. The number of aryl methyl sites for hydroxylation is 2. The van der Waals surface area contributed by atoms with Crippen LogP contribution >= 0.6 is 0 Å². The van der Waals surface area contributed by atoms with Crippen LogP contribution in [-0.4, -0.2) is 27.3 Å². The number of carbonyl (C=O) groups excluding carboxylic acids is 1. The van der Waals surface area contributed by atoms with Gasteiger partial charge >= 0.3 is 0 Å². The van der Waals surface area contributed by atoms with Crippen LogP contribution in [0.25, 0.3) is 22.2 Å². The number of hydrogen-bond acceptors (Lipinski definition) is 3. The largest absolute Gasteiger partial charge is 0.361 e. The molecule has 0 atom stereocenters. The van der Waals surface area contributed by atoms with Crippen molar-refractivity contribution in [3.8, 4) is 11.3 Å². The topological polar surface area (TPSA) is 85.9 Å². The van der Waals surface area contributed by atoms with E-state index in [2.05, 4.69) is 45.6 Å². The highest BCUT2D eigenvalue weighted by molar-refractivity contribution is 6.00. The molecule has 4 rings (SSSR count). The lowest BCUT2D eigenvalue weighted by Gasteiger charge is -2.01. The summed E-state index contributed by atoms with van der Waals surface area (Å²) >= 11 is 0. The number of benzene rings is 2. The van der Waals surface area contributed by atoms with E-state index in [0.29, 0.717) is 5.69 Å². The number of para-hydroxylation sites is 1. The van der Waals surface area contributed by atoms with Crippen LogP contribution < -0.4 is 5.43 Å². The first-order valence-electron chi connectivity index (χ1n) is 8.64. The molecule has 2 aromatic carbocycles. The molecule has 0 unspecified atom stereocenters. The maximum Gasteiger partial charge on any atom is 0.289 e. The van der Waals surface area contributed by atoms with Gasteiger partial charge in [-0.2, -0.15) is 10.2 Å². The van der Waals surface area contributed by atoms with Crippen molar-refractivity contribution in [2.45, 2.75) is 13.8 Å². The van der Waals surface area contributed by atoms with Crippen molar-refractivity contribution in [1.82, 2.24) is 20.6 Å². The third kappa shape index (κ3) is 3.37. The molecule has 4 aromatic rings. The summed E-state index contributed by atoms with van der Waals surface area (Å²) in [5.74, 6) is -0.339. The minimum atomic E-state index is -0.339. The van der Waals surface area contributed by atoms with Crippen molar-refractivity contribution in [1.29, 1.82) is 0 Å². The Hall–Kier alpha value is -3.67. The molecule has 0 bridgehead atoms. The number of nitrogens with one attached hydrogen (secondary N) is 3. The highest BCUT2D eigenvalue weighted by atomic mass is 16.2. The number of H-pyrrole nitrogens is 2. The van der Waals surface area contributed by atoms with Crippen LogP contribution in [0.1, 0.15) is 27.2 Å². The molecule has 0 saturated heterocycles. The predicted molar refractivity (Wildman–Crippen MR) is 107 cm³/mol. The zero-order valence-corrected chi connectivity index (χ0v) is 15.1. The van der Waals surface area contributed by atoms with Crippen molar-refractivity contribution < 1.29 is 4.79 Å². The molecule has 0 aliphatic heterocycles. The molecule has 2 aromatic heterocycles. The lowest BCUT2D eigenvalue weighted by molar-refractivity contribution is 0.0950. The third-order valence-corrected chi connectivity index (χ3v) is 4.62. The Morgan fingerprint density at radius 2 is 1.96 bits per heavy atom. The number of rotatable bonds is 4. The van der Waals surface area contributed by atoms with E-state index in [1.54, 1.807) is 12.3 Å². The quantitative estimate of drug-likeness (QED) is 0.382. The normalized spacial score (nSPS) is 11.3. The van der Waals surface area contributed by atoms with Crippen LogP contribution in [-0.2, 0) is 0 Å². The van der Waals surface area contributed by atoms with E-state index in [0.717, 1.165) is 27.7 Å². The minimum Gasteiger partial charge on any atom is -0.361 e. The standard InChI is InChI=1S/C21H19N5O/c1-13-7-8-15(9-14(13)2)19-10-20(25-24-19)21(27)26-23-12-16-11-22-18-6-4-3-5-17(16)18/h3-12,22H,1-2H3,(H,24,25)(H,26,27). The van der Waals surface area contributed by atoms with Crippen molar-refractivity contribution in [2.75, 3.05) is 0 Å². The number of fused-ring (bicyclic) bond motifs is 1. The first-order valence-corrected chi connectivity index (χ1v) is 8.64. The summed E-state index contributed by atoms with van der Waals surface area (Å²) in [5.41, 5.74) is 8.93. The summed E-state index contributed by atoms with van der Waals surface area (Å²) in [7, 11) is 0. The fraction of sp³-hybridized carbons (Fsp3) is 0.0952. The molecule has 134 valence electrons. The molecular formula is C21H19N5O. The van der Waals surface area contributed by atoms with Gasteiger partial charge in [-0.25, -0.2) is 5.43 Å². The van der Waals surface area contributed by atoms with Gasteiger partial charge in [0.2, 0.25) is 0 Å². The van der Waals surface area contributed by atoms with Crippen LogP contribution in [0.5, 0.6) is 0 Å². The van der Waals surface area contributed by atoms with E-state index in [1.165, 1.54) is 11.1 Å². The maximum absolute atomic E-state index is 12.3. The second-order valence-electron chi connectivity index (χ2n) is 6.45. The Morgan fingerprint density at radius 1 is 1.11 bits per heavy atom. The summed E-state index contributed by atoms with van der Waals surface area (Å²) in [6.07, 6.45) is 3.48. The zero-order valence-electron chi connectivity index (χ0n) is 15.1. The highest BCUT2D eigenvalue weighted by Gasteiger charge is 2.11. The molecule has 3 N–H and O–H groups in total. The van der Waals surface area contributed by atoms with Gasteiger partial charge in [0.05, 0.1) is 11.9 Å². The van der Waals surface area contributed by atoms with Gasteiger partial charge in [0, 0.05) is 28.2 Å². The molecular weight excluding hydrogens is 338 g/mol. The number of nitrogens with zero attached hydrogens (tertiary/aromatic N) is 2. The Bertz CT molecular complexity index is 1150. The van der Waals surface area contributed by atoms with Crippen LogP contribution in [0.15, 0.2) is 59.8 Å². The van der Waals surface area contributed by atoms with E-state index in [1.807, 2.05) is 42.6 Å². The van der Waals surface area contributed by atoms with Crippen molar-refractivity contribution >= 4 is 23.0 Å². The smallest absolute Gasteiger partial charge is 0.289 e. The molecule has 6 heteroatoms. The van der Waals surface area contributed by atoms with Gasteiger partial charge in [-0.05, 0) is 43.2 Å². The molecule has 6 nitrogen and oxygen atoms in total. The Balaban J connectivity index is 1.47. The molecule has 0 fully saturated rings. The third-order valence-electron chi connectivity index (χ3n) is 4.62. The van der Waals surface area contributed by atoms with Crippen LogP contribution in [0.4, 0.5) is 0 Å². The fourth-order valence-electron chi connectivity index (χ4n) is 2.91. The van der Waals surface area contributed by atoms with Gasteiger partial charge in [0.25, 0.3) is 5.91 Å². The van der Waals surface area contributed by atoms with Crippen molar-refractivity contribution in [2.24, 2.45) is 5.10 Å². The highest BCUT2D eigenvalue weighted by Crippen LogP contribution is 2.21. The van der Waals surface area contributed by atoms with Gasteiger partial charge in [-0.1, -0.05) is 30.3 Å². The average Bonchev–Trinajstić information content (AvgIpc) is 3.32. The van der Waals surface area contributed by atoms with E-state index in [-0.39, 0.29) is 5.91 Å². The molecule has 1 amide bonds. The number of amides is 1. The molecule has 27 heavy (non-hydrogen) atoms. The van der Waals surface area contributed by atoms with Gasteiger partial charge < -0.3 is 4.98 Å². The molecule has 0 aliphatic carbocycles. The van der Waals surface area contributed by atoms with Crippen molar-refractivity contribution in [3.05, 3.63) is 77.1 Å². The van der Waals surface area contributed by atoms with E-state index in [9.17, 15) is 4.79 Å². The number of aromatic amines is 2. The van der Waals surface area contributed by atoms with Gasteiger partial charge in [0.1, 0.15) is 5.69 Å². The number of aromatic nitrogens is 3. The van der Waals surface area contributed by atoms with Gasteiger partial charge in [-0.3, -0.25) is 9.89 Å². The summed E-state index contributed by atoms with van der Waals surface area (Å²) < 4.78 is 0. The predicted octanol–water partition coefficient (Wildman–Crippen LogP) is 3.94. The first-order chi connectivity index (χ1) is 13.1. The van der Waals surface area contributed by atoms with E-state index in [4.69, 9.17) is 0 Å². The summed E-state index contributed by atoms with van der Waals surface area (Å²) in [4.78, 5) is 15.5. The minimum absolute atomic E-state index is 0.339. The molecule has 2 heterocycles. The summed E-state index contributed by atoms with van der Waals surface area (Å²) in [6.45, 7) is 4.12. The number of carbonyl (C=O) groups is 1. The van der Waals surface area contributed by atoms with Gasteiger partial charge in [0.15, 0.2) is 0 Å². The van der Waals surface area contributed by atoms with Crippen molar-refractivity contribution in [3.63, 3.8) is 0 Å². The molecule has 0 aliphatic rings. The second-order valence-corrected chi connectivity index (χ2v) is 6.45. The van der Waals surface area contributed by atoms with Crippen LogP contribution in [0.3, 0.4) is 0 Å². The monoisotopic (exact) mass is 357 g/mol. The lowest BCUT2D eigenvalue weighted by Crippen LogP contribution is -2.17. The zero-order chi connectivity index (χ0) is 18.8. The molecule has 0 radical (unpaired) electrons. The number of hydrogen-bond donors (Lipinski definition) is 3. The summed E-state index contributed by atoms with van der Waals surface area (Å²) in [6, 6.07) is 15.7. The lowest BCUT2D eigenvalue weighted by atomic mass is 10.0. The number of hydrazone groups is 1. The molecule has 0 spiro atoms. The maximum atomic E-state index is 12.3. The Kier molecular flexibility index (Phi) is 4.30. The van der Waals surface area contributed by atoms with E-state index >= 15 is 0 Å². The average molecular weight is 357 g/mol. The van der Waals surface area contributed by atoms with E-state index < -0.39 is 0 Å². The SMILES string of the molecule is Cc1ccc(-c2cc(C(=O)NN=Cc3c[nH]c4ccccc34)[nH]n2)cc1C. The molecule has 0 saturated carbocycles. The second kappa shape index (κ2) is 6.92. The van der Waals surface area contributed by atoms with Crippen LogP contribution in [0, 0.1) is 13.8 Å². The Labute approximate surface area is 156 Å². The Morgan fingerprint density at radius 3 is 2.81 bits per heavy atom. The first kappa shape index (κ1) is 16.8. The van der Waals surface area contributed by atoms with Crippen LogP contribution in [0.2, 0.25) is 0 Å².